The molecule has 0 aromatic rings. The molecule has 0 saturated carbocycles. The fourth-order valence-electron chi connectivity index (χ4n) is 2.53. The van der Waals surface area contributed by atoms with E-state index in [9.17, 15) is 4.79 Å². The van der Waals surface area contributed by atoms with Gasteiger partial charge in [0.15, 0.2) is 0 Å². The van der Waals surface area contributed by atoms with Gasteiger partial charge in [0.2, 0.25) is 5.91 Å². The third-order valence-electron chi connectivity index (χ3n) is 3.63. The molecule has 5 nitrogen and oxygen atoms in total. The molecule has 17 heavy (non-hydrogen) atoms. The Labute approximate surface area is 102 Å². The van der Waals surface area contributed by atoms with E-state index in [1.807, 2.05) is 18.7 Å². The zero-order valence-corrected chi connectivity index (χ0v) is 10.9. The second kappa shape index (κ2) is 4.92. The van der Waals surface area contributed by atoms with Crippen LogP contribution < -0.4 is 5.32 Å². The maximum absolute atomic E-state index is 12.4. The van der Waals surface area contributed by atoms with Crippen LogP contribution in [0.3, 0.4) is 0 Å². The molecule has 2 aliphatic rings. The van der Waals surface area contributed by atoms with Crippen molar-refractivity contribution in [3.05, 3.63) is 0 Å². The van der Waals surface area contributed by atoms with E-state index in [1.165, 1.54) is 0 Å². The Kier molecular flexibility index (Phi) is 3.70. The number of carbonyl (C=O) groups excluding carboxylic acids is 1. The lowest BCUT2D eigenvalue weighted by Gasteiger charge is -2.43. The number of rotatable bonds is 2. The molecular weight excluding hydrogens is 220 g/mol. The van der Waals surface area contributed by atoms with Crippen molar-refractivity contribution >= 4 is 5.91 Å². The summed E-state index contributed by atoms with van der Waals surface area (Å²) >= 11 is 0. The van der Waals surface area contributed by atoms with Crippen molar-refractivity contribution < 1.29 is 14.3 Å². The van der Waals surface area contributed by atoms with E-state index < -0.39 is 0 Å². The molecule has 0 aromatic heterocycles. The highest BCUT2D eigenvalue weighted by Gasteiger charge is 2.39. The van der Waals surface area contributed by atoms with Crippen LogP contribution in [0.15, 0.2) is 0 Å². The Morgan fingerprint density at radius 3 is 2.88 bits per heavy atom. The van der Waals surface area contributed by atoms with Gasteiger partial charge >= 0.3 is 0 Å². The van der Waals surface area contributed by atoms with Gasteiger partial charge < -0.3 is 19.7 Å². The van der Waals surface area contributed by atoms with E-state index in [4.69, 9.17) is 9.47 Å². The molecule has 1 amide bonds. The van der Waals surface area contributed by atoms with Crippen molar-refractivity contribution in [3.63, 3.8) is 0 Å². The fourth-order valence-corrected chi connectivity index (χ4v) is 2.53. The molecule has 2 fully saturated rings. The first-order valence-corrected chi connectivity index (χ1v) is 6.20. The Balaban J connectivity index is 1.99. The highest BCUT2D eigenvalue weighted by atomic mass is 16.5. The molecule has 5 heteroatoms. The predicted molar refractivity (Wildman–Crippen MR) is 63.8 cm³/mol. The first kappa shape index (κ1) is 12.8. The number of morpholine rings is 1. The topological polar surface area (TPSA) is 50.8 Å². The van der Waals surface area contributed by atoms with Crippen LogP contribution in [0.4, 0.5) is 0 Å². The minimum Gasteiger partial charge on any atom is -0.380 e. The summed E-state index contributed by atoms with van der Waals surface area (Å²) in [5, 5.41) is 3.24. The van der Waals surface area contributed by atoms with Crippen molar-refractivity contribution in [1.29, 1.82) is 0 Å². The maximum atomic E-state index is 12.4. The van der Waals surface area contributed by atoms with Crippen molar-refractivity contribution in [2.24, 2.45) is 0 Å². The zero-order chi connectivity index (χ0) is 12.5. The molecule has 0 radical (unpaired) electrons. The number of ether oxygens (including phenoxy) is 2. The van der Waals surface area contributed by atoms with Gasteiger partial charge in [-0.2, -0.15) is 0 Å². The van der Waals surface area contributed by atoms with Crippen molar-refractivity contribution in [2.45, 2.75) is 38.0 Å². The quantitative estimate of drug-likeness (QED) is 0.740. The van der Waals surface area contributed by atoms with Gasteiger partial charge in [0, 0.05) is 20.2 Å². The minimum absolute atomic E-state index is 0.0997. The van der Waals surface area contributed by atoms with Crippen LogP contribution in [0.25, 0.3) is 0 Å². The smallest absolute Gasteiger partial charge is 0.240 e. The first-order chi connectivity index (χ1) is 8.04. The van der Waals surface area contributed by atoms with E-state index in [0.29, 0.717) is 19.8 Å². The zero-order valence-electron chi connectivity index (χ0n) is 10.9. The molecule has 98 valence electrons. The molecule has 0 bridgehead atoms. The van der Waals surface area contributed by atoms with Gasteiger partial charge in [0.1, 0.15) is 0 Å². The number of methoxy groups -OCH3 is 1. The second-order valence-electron chi connectivity index (χ2n) is 5.41. The van der Waals surface area contributed by atoms with E-state index >= 15 is 0 Å². The highest BCUT2D eigenvalue weighted by molar-refractivity contribution is 5.83. The van der Waals surface area contributed by atoms with Crippen molar-refractivity contribution in [1.82, 2.24) is 10.2 Å². The molecule has 0 spiro atoms. The van der Waals surface area contributed by atoms with Crippen LogP contribution in [-0.2, 0) is 14.3 Å². The van der Waals surface area contributed by atoms with Crippen molar-refractivity contribution in [2.75, 3.05) is 33.4 Å². The summed E-state index contributed by atoms with van der Waals surface area (Å²) in [5.41, 5.74) is -0.206. The number of hydrogen-bond acceptors (Lipinski definition) is 4. The summed E-state index contributed by atoms with van der Waals surface area (Å²) in [7, 11) is 1.69. The van der Waals surface area contributed by atoms with Crippen LogP contribution >= 0.6 is 0 Å². The predicted octanol–water partition coefficient (Wildman–Crippen LogP) is 0.000700. The fraction of sp³-hybridized carbons (Fsp3) is 0.917. The van der Waals surface area contributed by atoms with E-state index in [-0.39, 0.29) is 23.6 Å². The number of nitrogens with zero attached hydrogens (tertiary/aromatic N) is 1. The van der Waals surface area contributed by atoms with Crippen LogP contribution in [-0.4, -0.2) is 61.9 Å². The average Bonchev–Trinajstić information content (AvgIpc) is 2.76. The van der Waals surface area contributed by atoms with Crippen LogP contribution in [0.2, 0.25) is 0 Å². The number of nitrogens with one attached hydrogen (secondary N) is 1. The van der Waals surface area contributed by atoms with E-state index in [1.54, 1.807) is 7.11 Å². The van der Waals surface area contributed by atoms with E-state index in [0.717, 1.165) is 13.0 Å². The Morgan fingerprint density at radius 2 is 2.29 bits per heavy atom. The van der Waals surface area contributed by atoms with Gasteiger partial charge in [-0.05, 0) is 20.3 Å². The highest BCUT2D eigenvalue weighted by Crippen LogP contribution is 2.22. The number of carbonyl (C=O) groups is 1. The molecule has 0 aliphatic carbocycles. The Hall–Kier alpha value is -0.650. The molecule has 2 unspecified atom stereocenters. The monoisotopic (exact) mass is 242 g/mol. The minimum atomic E-state index is -0.206. The molecule has 1 N–H and O–H groups in total. The van der Waals surface area contributed by atoms with Gasteiger partial charge in [-0.1, -0.05) is 0 Å². The third-order valence-corrected chi connectivity index (χ3v) is 3.63. The third kappa shape index (κ3) is 2.61. The van der Waals surface area contributed by atoms with Crippen LogP contribution in [0, 0.1) is 0 Å². The van der Waals surface area contributed by atoms with Gasteiger partial charge in [0.05, 0.1) is 30.9 Å². The molecule has 0 aromatic carbocycles. The maximum Gasteiger partial charge on any atom is 0.240 e. The molecule has 2 saturated heterocycles. The molecule has 2 atom stereocenters. The summed E-state index contributed by atoms with van der Waals surface area (Å²) in [6.07, 6.45) is 0.927. The average molecular weight is 242 g/mol. The Morgan fingerprint density at radius 1 is 1.53 bits per heavy atom. The lowest BCUT2D eigenvalue weighted by molar-refractivity contribution is -0.148. The summed E-state index contributed by atoms with van der Waals surface area (Å²) in [6, 6.07) is -0.0997. The van der Waals surface area contributed by atoms with Crippen molar-refractivity contribution in [3.8, 4) is 0 Å². The lowest BCUT2D eigenvalue weighted by atomic mass is 10.0. The van der Waals surface area contributed by atoms with E-state index in [2.05, 4.69) is 5.32 Å². The molecule has 2 heterocycles. The molecule has 2 rings (SSSR count). The Bertz CT molecular complexity index is 293. The second-order valence-corrected chi connectivity index (χ2v) is 5.41. The normalized spacial score (nSPS) is 32.8. The standard InChI is InChI=1S/C12H22N2O3/c1-12(2)8-17-5-4-14(12)11(15)10-6-9(16-3)7-13-10/h9-10,13H,4-8H2,1-3H3. The van der Waals surface area contributed by atoms with Gasteiger partial charge in [-0.15, -0.1) is 0 Å². The van der Waals surface area contributed by atoms with Crippen LogP contribution in [0.1, 0.15) is 20.3 Å². The van der Waals surface area contributed by atoms with Gasteiger partial charge in [0.25, 0.3) is 0 Å². The van der Waals surface area contributed by atoms with Crippen LogP contribution in [0.5, 0.6) is 0 Å². The summed E-state index contributed by atoms with van der Waals surface area (Å²) in [5.74, 6) is 0.179. The first-order valence-electron chi connectivity index (χ1n) is 6.20. The van der Waals surface area contributed by atoms with Gasteiger partial charge in [-0.3, -0.25) is 4.79 Å². The number of amides is 1. The van der Waals surface area contributed by atoms with Gasteiger partial charge in [-0.25, -0.2) is 0 Å². The lowest BCUT2D eigenvalue weighted by Crippen LogP contribution is -2.59. The summed E-state index contributed by atoms with van der Waals surface area (Å²) in [6.45, 7) is 6.79. The number of hydrogen-bond donors (Lipinski definition) is 1. The summed E-state index contributed by atoms with van der Waals surface area (Å²) in [4.78, 5) is 14.4. The molecule has 2 aliphatic heterocycles. The summed E-state index contributed by atoms with van der Waals surface area (Å²) < 4.78 is 10.7. The largest absolute Gasteiger partial charge is 0.380 e. The SMILES string of the molecule is COC1CNC(C(=O)N2CCOCC2(C)C)C1. The molecular formula is C12H22N2O3.